The van der Waals surface area contributed by atoms with Gasteiger partial charge in [0.25, 0.3) is 0 Å². The average molecular weight is 417 g/mol. The summed E-state index contributed by atoms with van der Waals surface area (Å²) in [6.07, 6.45) is 2.60. The van der Waals surface area contributed by atoms with E-state index >= 15 is 0 Å². The summed E-state index contributed by atoms with van der Waals surface area (Å²) in [6, 6.07) is 16.1. The molecule has 3 nitrogen and oxygen atoms in total. The van der Waals surface area contributed by atoms with Gasteiger partial charge < -0.3 is 4.90 Å². The van der Waals surface area contributed by atoms with Gasteiger partial charge in [-0.25, -0.2) is 4.98 Å². The van der Waals surface area contributed by atoms with Gasteiger partial charge in [0, 0.05) is 41.1 Å². The number of carbonyl (C=O) groups excluding carboxylic acids is 1. The zero-order valence-electron chi connectivity index (χ0n) is 14.9. The summed E-state index contributed by atoms with van der Waals surface area (Å²) in [5.41, 5.74) is 1.09. The SMILES string of the molecule is O=C(CCSc1ccc(Cl)cc1)N1CCC(c2nc3ccccc3s2)CC1. The lowest BCUT2D eigenvalue weighted by Gasteiger charge is -2.31. The molecule has 1 aromatic heterocycles. The smallest absolute Gasteiger partial charge is 0.223 e. The third-order valence-corrected chi connectivity index (χ3v) is 7.37. The van der Waals surface area contributed by atoms with Gasteiger partial charge >= 0.3 is 0 Å². The van der Waals surface area contributed by atoms with Crippen LogP contribution in [0, 0.1) is 0 Å². The van der Waals surface area contributed by atoms with Gasteiger partial charge in [-0.3, -0.25) is 4.79 Å². The number of aromatic nitrogens is 1. The number of thiazole rings is 1. The van der Waals surface area contributed by atoms with Gasteiger partial charge in [-0.05, 0) is 49.2 Å². The van der Waals surface area contributed by atoms with E-state index in [0.717, 1.165) is 47.1 Å². The summed E-state index contributed by atoms with van der Waals surface area (Å²) >= 11 is 9.41. The van der Waals surface area contributed by atoms with Crippen molar-refractivity contribution in [2.24, 2.45) is 0 Å². The molecule has 0 unspecified atom stereocenters. The summed E-state index contributed by atoms with van der Waals surface area (Å²) in [4.78, 5) is 20.5. The second-order valence-electron chi connectivity index (χ2n) is 6.73. The molecule has 2 aromatic carbocycles. The van der Waals surface area contributed by atoms with Crippen LogP contribution in [0.2, 0.25) is 5.02 Å². The molecule has 0 atom stereocenters. The first-order valence-electron chi connectivity index (χ1n) is 9.20. The number of carbonyl (C=O) groups is 1. The number of nitrogens with zero attached hydrogens (tertiary/aromatic N) is 2. The van der Waals surface area contributed by atoms with Gasteiger partial charge in [0.05, 0.1) is 15.2 Å². The Hall–Kier alpha value is -1.56. The molecule has 1 saturated heterocycles. The lowest BCUT2D eigenvalue weighted by Crippen LogP contribution is -2.38. The molecule has 6 heteroatoms. The molecule has 4 rings (SSSR count). The lowest BCUT2D eigenvalue weighted by molar-refractivity contribution is -0.131. The zero-order valence-corrected chi connectivity index (χ0v) is 17.3. The fourth-order valence-electron chi connectivity index (χ4n) is 3.39. The molecule has 0 saturated carbocycles. The highest BCUT2D eigenvalue weighted by Gasteiger charge is 2.25. The van der Waals surface area contributed by atoms with Crippen molar-refractivity contribution < 1.29 is 4.79 Å². The first-order valence-corrected chi connectivity index (χ1v) is 11.4. The minimum Gasteiger partial charge on any atom is -0.343 e. The molecule has 0 radical (unpaired) electrons. The number of benzene rings is 2. The zero-order chi connectivity index (χ0) is 18.6. The molecule has 2 heterocycles. The van der Waals surface area contributed by atoms with Crippen LogP contribution in [-0.2, 0) is 4.79 Å². The quantitative estimate of drug-likeness (QED) is 0.490. The Labute approximate surface area is 172 Å². The van der Waals surface area contributed by atoms with Gasteiger partial charge in [-0.1, -0.05) is 23.7 Å². The van der Waals surface area contributed by atoms with Crippen LogP contribution in [0.3, 0.4) is 0 Å². The number of hydrogen-bond acceptors (Lipinski definition) is 4. The number of amides is 1. The molecule has 140 valence electrons. The molecular weight excluding hydrogens is 396 g/mol. The van der Waals surface area contributed by atoms with Crippen molar-refractivity contribution in [3.8, 4) is 0 Å². The second-order valence-corrected chi connectivity index (χ2v) is 9.39. The Balaban J connectivity index is 1.25. The fraction of sp³-hybridized carbons (Fsp3) is 0.333. The van der Waals surface area contributed by atoms with E-state index in [2.05, 4.69) is 18.2 Å². The van der Waals surface area contributed by atoms with Crippen LogP contribution >= 0.6 is 34.7 Å². The number of likely N-dealkylation sites (tertiary alicyclic amines) is 1. The van der Waals surface area contributed by atoms with E-state index in [9.17, 15) is 4.79 Å². The molecular formula is C21H21ClN2OS2. The summed E-state index contributed by atoms with van der Waals surface area (Å²) < 4.78 is 1.25. The number of fused-ring (bicyclic) bond motifs is 1. The second kappa shape index (κ2) is 8.63. The monoisotopic (exact) mass is 416 g/mol. The Bertz CT molecular complexity index is 884. The Kier molecular flexibility index (Phi) is 6.01. The van der Waals surface area contributed by atoms with Gasteiger partial charge in [-0.2, -0.15) is 0 Å². The summed E-state index contributed by atoms with van der Waals surface area (Å²) in [5, 5.41) is 1.97. The minimum atomic E-state index is 0.263. The van der Waals surface area contributed by atoms with Crippen molar-refractivity contribution in [1.82, 2.24) is 9.88 Å². The maximum atomic E-state index is 12.5. The van der Waals surface area contributed by atoms with Crippen molar-refractivity contribution in [3.05, 3.63) is 58.6 Å². The van der Waals surface area contributed by atoms with Crippen LogP contribution in [-0.4, -0.2) is 34.6 Å². The first-order chi connectivity index (χ1) is 13.2. The van der Waals surface area contributed by atoms with Crippen LogP contribution < -0.4 is 0 Å². The Morgan fingerprint density at radius 1 is 1.15 bits per heavy atom. The Morgan fingerprint density at radius 3 is 2.63 bits per heavy atom. The molecule has 0 aliphatic carbocycles. The fourth-order valence-corrected chi connectivity index (χ4v) is 5.49. The summed E-state index contributed by atoms with van der Waals surface area (Å²) in [6.45, 7) is 1.68. The van der Waals surface area contributed by atoms with E-state index < -0.39 is 0 Å². The van der Waals surface area contributed by atoms with Crippen LogP contribution in [0.5, 0.6) is 0 Å². The topological polar surface area (TPSA) is 33.2 Å². The highest BCUT2D eigenvalue weighted by atomic mass is 35.5. The van der Waals surface area contributed by atoms with Crippen molar-refractivity contribution in [2.75, 3.05) is 18.8 Å². The van der Waals surface area contributed by atoms with Gasteiger partial charge in [0.1, 0.15) is 0 Å². The van der Waals surface area contributed by atoms with Crippen LogP contribution in [0.25, 0.3) is 10.2 Å². The summed E-state index contributed by atoms with van der Waals surface area (Å²) in [5.74, 6) is 1.55. The number of hydrogen-bond donors (Lipinski definition) is 0. The molecule has 0 N–H and O–H groups in total. The highest BCUT2D eigenvalue weighted by molar-refractivity contribution is 7.99. The standard InChI is InChI=1S/C21H21ClN2OS2/c22-16-5-7-17(8-6-16)26-14-11-20(25)24-12-9-15(10-13-24)21-23-18-3-1-2-4-19(18)27-21/h1-8,15H,9-14H2. The average Bonchev–Trinajstić information content (AvgIpc) is 3.14. The highest BCUT2D eigenvalue weighted by Crippen LogP contribution is 2.34. The van der Waals surface area contributed by atoms with Gasteiger partial charge in [-0.15, -0.1) is 23.1 Å². The Morgan fingerprint density at radius 2 is 1.89 bits per heavy atom. The maximum absolute atomic E-state index is 12.5. The van der Waals surface area contributed by atoms with Gasteiger partial charge in [0.2, 0.25) is 5.91 Å². The molecule has 27 heavy (non-hydrogen) atoms. The normalized spacial score (nSPS) is 15.4. The van der Waals surface area contributed by atoms with Crippen molar-refractivity contribution in [2.45, 2.75) is 30.1 Å². The van der Waals surface area contributed by atoms with Crippen LogP contribution in [0.4, 0.5) is 0 Å². The van der Waals surface area contributed by atoms with Crippen molar-refractivity contribution in [1.29, 1.82) is 0 Å². The minimum absolute atomic E-state index is 0.263. The van der Waals surface area contributed by atoms with Crippen molar-refractivity contribution >= 4 is 50.8 Å². The third-order valence-electron chi connectivity index (χ3n) is 4.91. The van der Waals surface area contributed by atoms with E-state index in [1.54, 1.807) is 23.1 Å². The number of para-hydroxylation sites is 1. The third kappa shape index (κ3) is 4.65. The molecule has 0 bridgehead atoms. The van der Waals surface area contributed by atoms with E-state index in [-0.39, 0.29) is 5.91 Å². The van der Waals surface area contributed by atoms with Crippen LogP contribution in [0.1, 0.15) is 30.2 Å². The van der Waals surface area contributed by atoms with E-state index in [1.807, 2.05) is 35.2 Å². The molecule has 1 aliphatic heterocycles. The summed E-state index contributed by atoms with van der Waals surface area (Å²) in [7, 11) is 0. The predicted octanol–water partition coefficient (Wildman–Crippen LogP) is 5.84. The van der Waals surface area contributed by atoms with E-state index in [1.165, 1.54) is 9.71 Å². The number of halogens is 1. The lowest BCUT2D eigenvalue weighted by atomic mass is 9.97. The molecule has 3 aromatic rings. The van der Waals surface area contributed by atoms with E-state index in [0.29, 0.717) is 12.3 Å². The first kappa shape index (κ1) is 18.8. The largest absolute Gasteiger partial charge is 0.343 e. The van der Waals surface area contributed by atoms with Crippen LogP contribution in [0.15, 0.2) is 53.4 Å². The molecule has 1 aliphatic rings. The number of piperidine rings is 1. The molecule has 1 fully saturated rings. The van der Waals surface area contributed by atoms with Gasteiger partial charge in [0.15, 0.2) is 0 Å². The number of rotatable bonds is 5. The maximum Gasteiger partial charge on any atom is 0.223 e. The molecule has 1 amide bonds. The predicted molar refractivity (Wildman–Crippen MR) is 115 cm³/mol. The number of thioether (sulfide) groups is 1. The van der Waals surface area contributed by atoms with Crippen molar-refractivity contribution in [3.63, 3.8) is 0 Å². The van der Waals surface area contributed by atoms with E-state index in [4.69, 9.17) is 16.6 Å². The molecule has 0 spiro atoms.